The lowest BCUT2D eigenvalue weighted by atomic mass is 10.4. The van der Waals surface area contributed by atoms with E-state index < -0.39 is 9.84 Å². The summed E-state index contributed by atoms with van der Waals surface area (Å²) in [4.78, 5) is 1.53. The quantitative estimate of drug-likeness (QED) is 0.861. The fraction of sp³-hybridized carbons (Fsp3) is 0.143. The Bertz CT molecular complexity index is 620. The van der Waals surface area contributed by atoms with Crippen LogP contribution in [-0.2, 0) is 9.84 Å². The van der Waals surface area contributed by atoms with E-state index in [4.69, 9.17) is 5.11 Å². The average Bonchev–Trinajstić information content (AvgIpc) is 2.46. The van der Waals surface area contributed by atoms with Crippen LogP contribution in [0.4, 0.5) is 0 Å². The van der Waals surface area contributed by atoms with E-state index in [0.29, 0.717) is 10.6 Å². The third-order valence-electron chi connectivity index (χ3n) is 2.55. The Hall–Kier alpha value is -1.30. The van der Waals surface area contributed by atoms with Gasteiger partial charge in [-0.1, -0.05) is 18.2 Å². The molecule has 0 spiro atoms. The number of aliphatic hydroxyl groups excluding tert-OH is 1. The molecule has 19 heavy (non-hydrogen) atoms. The van der Waals surface area contributed by atoms with Crippen LogP contribution in [0.2, 0.25) is 0 Å². The maximum atomic E-state index is 12.3. The van der Waals surface area contributed by atoms with Crippen LogP contribution in [0.5, 0.6) is 0 Å². The molecule has 0 atom stereocenters. The van der Waals surface area contributed by atoms with Gasteiger partial charge in [-0.2, -0.15) is 0 Å². The highest BCUT2D eigenvalue weighted by molar-refractivity contribution is 7.99. The highest BCUT2D eigenvalue weighted by Gasteiger charge is 2.16. The predicted molar refractivity (Wildman–Crippen MR) is 76.1 cm³/mol. The summed E-state index contributed by atoms with van der Waals surface area (Å²) in [6.07, 6.45) is 0. The fourth-order valence-electron chi connectivity index (χ4n) is 1.61. The molecule has 2 aromatic carbocycles. The molecule has 0 heterocycles. The van der Waals surface area contributed by atoms with Gasteiger partial charge < -0.3 is 5.11 Å². The van der Waals surface area contributed by atoms with Crippen LogP contribution in [0, 0.1) is 0 Å². The zero-order valence-corrected chi connectivity index (χ0v) is 11.8. The van der Waals surface area contributed by atoms with E-state index in [1.54, 1.807) is 54.6 Å². The van der Waals surface area contributed by atoms with Crippen molar-refractivity contribution in [3.8, 4) is 0 Å². The van der Waals surface area contributed by atoms with Crippen LogP contribution in [0.1, 0.15) is 0 Å². The van der Waals surface area contributed by atoms with Gasteiger partial charge in [-0.3, -0.25) is 0 Å². The molecule has 1 N–H and O–H groups in total. The van der Waals surface area contributed by atoms with E-state index >= 15 is 0 Å². The lowest BCUT2D eigenvalue weighted by molar-refractivity contribution is 0.322. The second-order valence-electron chi connectivity index (χ2n) is 3.86. The molecule has 2 aromatic rings. The van der Waals surface area contributed by atoms with Crippen LogP contribution >= 0.6 is 11.8 Å². The van der Waals surface area contributed by atoms with E-state index in [2.05, 4.69) is 0 Å². The molecule has 0 bridgehead atoms. The minimum Gasteiger partial charge on any atom is -0.396 e. The SMILES string of the molecule is O=S(=O)(c1ccccc1)c1ccc(SCCO)cc1. The summed E-state index contributed by atoms with van der Waals surface area (Å²) in [7, 11) is -3.43. The molecule has 5 heteroatoms. The van der Waals surface area contributed by atoms with Crippen molar-refractivity contribution in [3.63, 3.8) is 0 Å². The predicted octanol–water partition coefficient (Wildman–Crippen LogP) is 2.60. The van der Waals surface area contributed by atoms with Gasteiger partial charge in [-0.25, -0.2) is 8.42 Å². The molecule has 0 saturated carbocycles. The van der Waals surface area contributed by atoms with Crippen molar-refractivity contribution in [2.45, 2.75) is 14.7 Å². The zero-order valence-electron chi connectivity index (χ0n) is 10.2. The summed E-state index contributed by atoms with van der Waals surface area (Å²) in [6.45, 7) is 0.106. The molecule has 0 aliphatic rings. The minimum absolute atomic E-state index is 0.106. The van der Waals surface area contributed by atoms with Crippen molar-refractivity contribution < 1.29 is 13.5 Å². The Balaban J connectivity index is 2.27. The zero-order chi connectivity index (χ0) is 13.7. The molecule has 0 fully saturated rings. The second kappa shape index (κ2) is 6.23. The lowest BCUT2D eigenvalue weighted by Crippen LogP contribution is -2.01. The first-order chi connectivity index (χ1) is 9.14. The summed E-state index contributed by atoms with van der Waals surface area (Å²) in [6, 6.07) is 15.1. The van der Waals surface area contributed by atoms with Crippen molar-refractivity contribution in [2.75, 3.05) is 12.4 Å². The Kier molecular flexibility index (Phi) is 4.63. The Morgan fingerprint density at radius 2 is 1.47 bits per heavy atom. The van der Waals surface area contributed by atoms with E-state index in [-0.39, 0.29) is 11.5 Å². The highest BCUT2D eigenvalue weighted by atomic mass is 32.2. The molecule has 3 nitrogen and oxygen atoms in total. The monoisotopic (exact) mass is 294 g/mol. The van der Waals surface area contributed by atoms with Crippen LogP contribution < -0.4 is 0 Å². The number of benzene rings is 2. The number of aliphatic hydroxyl groups is 1. The van der Waals surface area contributed by atoms with E-state index in [0.717, 1.165) is 4.90 Å². The molecule has 0 amide bonds. The first-order valence-electron chi connectivity index (χ1n) is 5.78. The van der Waals surface area contributed by atoms with Gasteiger partial charge in [-0.15, -0.1) is 11.8 Å². The standard InChI is InChI=1S/C14H14O3S2/c15-10-11-18-12-6-8-14(9-7-12)19(16,17)13-4-2-1-3-5-13/h1-9,15H,10-11H2. The lowest BCUT2D eigenvalue weighted by Gasteiger charge is -2.05. The number of hydrogen-bond donors (Lipinski definition) is 1. The maximum absolute atomic E-state index is 12.3. The minimum atomic E-state index is -3.43. The first-order valence-corrected chi connectivity index (χ1v) is 8.25. The molecule has 0 radical (unpaired) electrons. The van der Waals surface area contributed by atoms with Gasteiger partial charge >= 0.3 is 0 Å². The van der Waals surface area contributed by atoms with Crippen molar-refractivity contribution in [1.82, 2.24) is 0 Å². The van der Waals surface area contributed by atoms with Crippen LogP contribution in [0.15, 0.2) is 69.3 Å². The Morgan fingerprint density at radius 3 is 2.05 bits per heavy atom. The van der Waals surface area contributed by atoms with Gasteiger partial charge in [-0.05, 0) is 36.4 Å². The number of thioether (sulfide) groups is 1. The largest absolute Gasteiger partial charge is 0.396 e. The van der Waals surface area contributed by atoms with Crippen LogP contribution in [0.3, 0.4) is 0 Å². The van der Waals surface area contributed by atoms with Crippen LogP contribution in [0.25, 0.3) is 0 Å². The third kappa shape index (κ3) is 3.37. The number of hydrogen-bond acceptors (Lipinski definition) is 4. The first kappa shape index (κ1) is 14.1. The van der Waals surface area contributed by atoms with Gasteiger partial charge in [0.2, 0.25) is 9.84 Å². The normalized spacial score (nSPS) is 11.4. The smallest absolute Gasteiger partial charge is 0.206 e. The Labute approximate surface area is 117 Å². The molecule has 2 rings (SSSR count). The summed E-state index contributed by atoms with van der Waals surface area (Å²) in [5.41, 5.74) is 0. The third-order valence-corrected chi connectivity index (χ3v) is 5.33. The highest BCUT2D eigenvalue weighted by Crippen LogP contribution is 2.24. The summed E-state index contributed by atoms with van der Waals surface area (Å²) in [5, 5.41) is 8.74. The number of rotatable bonds is 5. The molecular formula is C14H14O3S2. The molecule has 0 aromatic heterocycles. The van der Waals surface area contributed by atoms with Crippen molar-refractivity contribution in [3.05, 3.63) is 54.6 Å². The summed E-state index contributed by atoms with van der Waals surface area (Å²) in [5.74, 6) is 0.602. The van der Waals surface area contributed by atoms with E-state index in [1.807, 2.05) is 0 Å². The van der Waals surface area contributed by atoms with Gasteiger partial charge in [0.05, 0.1) is 16.4 Å². The molecule has 0 aliphatic carbocycles. The van der Waals surface area contributed by atoms with Crippen molar-refractivity contribution in [1.29, 1.82) is 0 Å². The maximum Gasteiger partial charge on any atom is 0.206 e. The molecule has 0 unspecified atom stereocenters. The van der Waals surface area contributed by atoms with Crippen molar-refractivity contribution in [2.24, 2.45) is 0 Å². The van der Waals surface area contributed by atoms with Gasteiger partial charge in [0.15, 0.2) is 0 Å². The van der Waals surface area contributed by atoms with E-state index in [1.165, 1.54) is 11.8 Å². The van der Waals surface area contributed by atoms with Gasteiger partial charge in [0.1, 0.15) is 0 Å². The summed E-state index contributed by atoms with van der Waals surface area (Å²) < 4.78 is 24.6. The molecule has 0 aliphatic heterocycles. The summed E-state index contributed by atoms with van der Waals surface area (Å²) >= 11 is 1.49. The van der Waals surface area contributed by atoms with Crippen molar-refractivity contribution >= 4 is 21.6 Å². The molecule has 0 saturated heterocycles. The number of sulfone groups is 1. The topological polar surface area (TPSA) is 54.4 Å². The van der Waals surface area contributed by atoms with E-state index in [9.17, 15) is 8.42 Å². The molecule has 100 valence electrons. The Morgan fingerprint density at radius 1 is 0.895 bits per heavy atom. The van der Waals surface area contributed by atoms with Gasteiger partial charge in [0, 0.05) is 10.6 Å². The fourth-order valence-corrected chi connectivity index (χ4v) is 3.55. The van der Waals surface area contributed by atoms with Crippen LogP contribution in [-0.4, -0.2) is 25.9 Å². The molecular weight excluding hydrogens is 280 g/mol. The van der Waals surface area contributed by atoms with Gasteiger partial charge in [0.25, 0.3) is 0 Å². The second-order valence-corrected chi connectivity index (χ2v) is 6.98. The average molecular weight is 294 g/mol.